The molecule has 1 amide bonds. The first-order chi connectivity index (χ1) is 13.5. The minimum Gasteiger partial charge on any atom is -0.494 e. The van der Waals surface area contributed by atoms with Gasteiger partial charge in [-0.25, -0.2) is 10.4 Å². The molecule has 0 aliphatic carbocycles. The molecule has 3 rings (SSSR count). The predicted molar refractivity (Wildman–Crippen MR) is 113 cm³/mol. The van der Waals surface area contributed by atoms with Crippen molar-refractivity contribution in [1.29, 1.82) is 0 Å². The molecule has 7 heteroatoms. The molecule has 2 aromatic heterocycles. The lowest BCUT2D eigenvalue weighted by Crippen LogP contribution is -2.19. The molecule has 0 atom stereocenters. The standard InChI is InChI=1S/C21H24N4O2S/c1-5-27-19-8-6-18(7-9-19)25-15(3)10-17(16(25)4)12-22-24-20(26)11-21-23-14(2)13-28-21/h6-10,12-13H,5,11H2,1-4H3,(H,24,26)/b22-12-. The fourth-order valence-corrected chi connectivity index (χ4v) is 3.78. The van der Waals surface area contributed by atoms with Gasteiger partial charge in [0, 0.05) is 33.7 Å². The summed E-state index contributed by atoms with van der Waals surface area (Å²) in [6.45, 7) is 8.61. The lowest BCUT2D eigenvalue weighted by Gasteiger charge is -2.10. The highest BCUT2D eigenvalue weighted by atomic mass is 32.1. The van der Waals surface area contributed by atoms with E-state index in [1.54, 1.807) is 6.21 Å². The molecule has 6 nitrogen and oxygen atoms in total. The fraction of sp³-hybridized carbons (Fsp3) is 0.286. The van der Waals surface area contributed by atoms with Gasteiger partial charge >= 0.3 is 0 Å². The molecule has 0 unspecified atom stereocenters. The number of hydrogen-bond donors (Lipinski definition) is 1. The van der Waals surface area contributed by atoms with Crippen molar-refractivity contribution in [1.82, 2.24) is 15.0 Å². The van der Waals surface area contributed by atoms with Gasteiger partial charge in [0.15, 0.2) is 0 Å². The predicted octanol–water partition coefficient (Wildman–Crippen LogP) is 3.95. The number of carbonyl (C=O) groups is 1. The molecular formula is C21H24N4O2S. The molecule has 0 bridgehead atoms. The summed E-state index contributed by atoms with van der Waals surface area (Å²) in [6.07, 6.45) is 1.92. The fourth-order valence-electron chi connectivity index (χ4n) is 3.01. The van der Waals surface area contributed by atoms with Gasteiger partial charge in [0.2, 0.25) is 5.91 Å². The quantitative estimate of drug-likeness (QED) is 0.486. The molecular weight excluding hydrogens is 372 g/mol. The van der Waals surface area contributed by atoms with E-state index in [0.29, 0.717) is 6.61 Å². The van der Waals surface area contributed by atoms with Crippen LogP contribution in [-0.4, -0.2) is 28.3 Å². The van der Waals surface area contributed by atoms with Crippen molar-refractivity contribution in [3.63, 3.8) is 0 Å². The van der Waals surface area contributed by atoms with E-state index in [2.05, 4.69) is 20.1 Å². The average molecular weight is 397 g/mol. The number of aryl methyl sites for hydroxylation is 2. The summed E-state index contributed by atoms with van der Waals surface area (Å²) in [5, 5.41) is 6.83. The van der Waals surface area contributed by atoms with Crippen molar-refractivity contribution >= 4 is 23.5 Å². The Balaban J connectivity index is 1.69. The van der Waals surface area contributed by atoms with Gasteiger partial charge in [-0.15, -0.1) is 11.3 Å². The molecule has 0 radical (unpaired) electrons. The van der Waals surface area contributed by atoms with Crippen molar-refractivity contribution in [2.75, 3.05) is 6.61 Å². The zero-order valence-electron chi connectivity index (χ0n) is 16.5. The zero-order chi connectivity index (χ0) is 20.1. The highest BCUT2D eigenvalue weighted by molar-refractivity contribution is 7.09. The Labute approximate surface area is 168 Å². The SMILES string of the molecule is CCOc1ccc(-n2c(C)cc(/C=N\NC(=O)Cc3nc(C)cs3)c2C)cc1. The number of hydrogen-bond acceptors (Lipinski definition) is 5. The Morgan fingerprint density at radius 2 is 2.04 bits per heavy atom. The van der Waals surface area contributed by atoms with E-state index in [4.69, 9.17) is 4.74 Å². The lowest BCUT2D eigenvalue weighted by molar-refractivity contribution is -0.120. The third-order valence-electron chi connectivity index (χ3n) is 4.25. The van der Waals surface area contributed by atoms with Crippen LogP contribution in [-0.2, 0) is 11.2 Å². The van der Waals surface area contributed by atoms with E-state index < -0.39 is 0 Å². The number of rotatable bonds is 7. The van der Waals surface area contributed by atoms with E-state index in [0.717, 1.165) is 39.1 Å². The molecule has 0 aliphatic heterocycles. The second-order valence-corrected chi connectivity index (χ2v) is 7.38. The van der Waals surface area contributed by atoms with Crippen LogP contribution in [0.3, 0.4) is 0 Å². The molecule has 0 spiro atoms. The number of nitrogens with one attached hydrogen (secondary N) is 1. The van der Waals surface area contributed by atoms with Crippen LogP contribution >= 0.6 is 11.3 Å². The van der Waals surface area contributed by atoms with Gasteiger partial charge in [0.05, 0.1) is 19.2 Å². The number of nitrogens with zero attached hydrogens (tertiary/aromatic N) is 3. The Morgan fingerprint density at radius 1 is 1.29 bits per heavy atom. The van der Waals surface area contributed by atoms with Crippen LogP contribution in [0.25, 0.3) is 5.69 Å². The average Bonchev–Trinajstić information content (AvgIpc) is 3.19. The van der Waals surface area contributed by atoms with Crippen LogP contribution in [0.4, 0.5) is 0 Å². The summed E-state index contributed by atoms with van der Waals surface area (Å²) in [5.41, 5.74) is 7.66. The van der Waals surface area contributed by atoms with Crippen molar-refractivity contribution < 1.29 is 9.53 Å². The molecule has 1 N–H and O–H groups in total. The Kier molecular flexibility index (Phi) is 6.26. The summed E-state index contributed by atoms with van der Waals surface area (Å²) in [7, 11) is 0. The first-order valence-corrected chi connectivity index (χ1v) is 10.0. The molecule has 2 heterocycles. The van der Waals surface area contributed by atoms with Gasteiger partial charge in [-0.3, -0.25) is 4.79 Å². The summed E-state index contributed by atoms with van der Waals surface area (Å²) in [4.78, 5) is 16.3. The number of thiazole rings is 1. The maximum Gasteiger partial charge on any atom is 0.246 e. The topological polar surface area (TPSA) is 68.5 Å². The number of amides is 1. The third-order valence-corrected chi connectivity index (χ3v) is 5.21. The molecule has 0 aliphatic rings. The van der Waals surface area contributed by atoms with E-state index in [9.17, 15) is 4.79 Å². The maximum absolute atomic E-state index is 12.0. The maximum atomic E-state index is 12.0. The van der Waals surface area contributed by atoms with Crippen molar-refractivity contribution in [3.05, 3.63) is 63.4 Å². The van der Waals surface area contributed by atoms with E-state index >= 15 is 0 Å². The lowest BCUT2D eigenvalue weighted by atomic mass is 10.2. The van der Waals surface area contributed by atoms with Gasteiger partial charge in [0.1, 0.15) is 10.8 Å². The third kappa shape index (κ3) is 4.67. The molecule has 146 valence electrons. The van der Waals surface area contributed by atoms with Crippen LogP contribution in [0, 0.1) is 20.8 Å². The molecule has 0 saturated carbocycles. The van der Waals surface area contributed by atoms with Gasteiger partial charge in [-0.2, -0.15) is 5.10 Å². The van der Waals surface area contributed by atoms with Gasteiger partial charge in [-0.05, 0) is 58.0 Å². The number of hydrazone groups is 1. The second kappa shape index (κ2) is 8.84. The first-order valence-electron chi connectivity index (χ1n) is 9.13. The molecule has 0 saturated heterocycles. The van der Waals surface area contributed by atoms with E-state index in [1.165, 1.54) is 11.3 Å². The van der Waals surface area contributed by atoms with Crippen LogP contribution in [0.2, 0.25) is 0 Å². The second-order valence-electron chi connectivity index (χ2n) is 6.44. The van der Waals surface area contributed by atoms with Gasteiger partial charge in [0.25, 0.3) is 0 Å². The van der Waals surface area contributed by atoms with Crippen LogP contribution < -0.4 is 10.2 Å². The van der Waals surface area contributed by atoms with E-state index in [-0.39, 0.29) is 12.3 Å². The molecule has 28 heavy (non-hydrogen) atoms. The summed E-state index contributed by atoms with van der Waals surface area (Å²) < 4.78 is 7.66. The van der Waals surface area contributed by atoms with Crippen molar-refractivity contribution in [3.8, 4) is 11.4 Å². The Bertz CT molecular complexity index is 987. The number of benzene rings is 1. The normalized spacial score (nSPS) is 11.1. The summed E-state index contributed by atoms with van der Waals surface area (Å²) >= 11 is 1.48. The van der Waals surface area contributed by atoms with Crippen molar-refractivity contribution in [2.45, 2.75) is 34.1 Å². The minimum atomic E-state index is -0.175. The zero-order valence-corrected chi connectivity index (χ0v) is 17.3. The van der Waals surface area contributed by atoms with Crippen molar-refractivity contribution in [2.24, 2.45) is 5.10 Å². The molecule has 1 aromatic carbocycles. The smallest absolute Gasteiger partial charge is 0.246 e. The molecule has 0 fully saturated rings. The van der Waals surface area contributed by atoms with E-state index in [1.807, 2.05) is 63.4 Å². The minimum absolute atomic E-state index is 0.175. The first kappa shape index (κ1) is 19.8. The Morgan fingerprint density at radius 3 is 2.68 bits per heavy atom. The number of ether oxygens (including phenoxy) is 1. The van der Waals surface area contributed by atoms with Gasteiger partial charge in [-0.1, -0.05) is 0 Å². The monoisotopic (exact) mass is 396 g/mol. The summed E-state index contributed by atoms with van der Waals surface area (Å²) in [6, 6.07) is 10.0. The number of carbonyl (C=O) groups excluding carboxylic acids is 1. The van der Waals surface area contributed by atoms with Gasteiger partial charge < -0.3 is 9.30 Å². The summed E-state index contributed by atoms with van der Waals surface area (Å²) in [5.74, 6) is 0.680. The Hall–Kier alpha value is -2.93. The van der Waals surface area contributed by atoms with Crippen LogP contribution in [0.15, 0.2) is 40.8 Å². The largest absolute Gasteiger partial charge is 0.494 e. The highest BCUT2D eigenvalue weighted by Gasteiger charge is 2.10. The highest BCUT2D eigenvalue weighted by Crippen LogP contribution is 2.22. The van der Waals surface area contributed by atoms with Crippen LogP contribution in [0.5, 0.6) is 5.75 Å². The molecule has 3 aromatic rings. The number of aromatic nitrogens is 2. The van der Waals surface area contributed by atoms with Crippen LogP contribution in [0.1, 0.15) is 34.6 Å².